The topological polar surface area (TPSA) is 24.4 Å². The molecule has 0 aromatic heterocycles. The van der Waals surface area contributed by atoms with E-state index in [1.165, 1.54) is 0 Å². The fourth-order valence-electron chi connectivity index (χ4n) is 1.64. The zero-order chi connectivity index (χ0) is 12.5. The van der Waals surface area contributed by atoms with Gasteiger partial charge >= 0.3 is 0 Å². The number of anilines is 1. The van der Waals surface area contributed by atoms with Gasteiger partial charge in [-0.2, -0.15) is 0 Å². The molecule has 2 nitrogen and oxygen atoms in total. The maximum absolute atomic E-state index is 6.10. The molecule has 4 heteroatoms. The molecule has 17 heavy (non-hydrogen) atoms. The number of hydrogen-bond donors (Lipinski definition) is 1. The van der Waals surface area contributed by atoms with Crippen molar-refractivity contribution in [1.82, 2.24) is 0 Å². The second-order valence-corrected chi connectivity index (χ2v) is 5.96. The van der Waals surface area contributed by atoms with Gasteiger partial charge in [-0.15, -0.1) is 0 Å². The molecule has 1 aromatic rings. The predicted molar refractivity (Wildman–Crippen MR) is 78.4 cm³/mol. The van der Waals surface area contributed by atoms with Gasteiger partial charge in [0.2, 0.25) is 0 Å². The maximum Gasteiger partial charge on any atom is 0.161 e. The SMILES string of the molecule is CCC1(C)CSC(Nc2cccc(Cl)c2C)=N1. The molecule has 0 fully saturated rings. The van der Waals surface area contributed by atoms with E-state index in [2.05, 4.69) is 19.2 Å². The Hall–Kier alpha value is -0.670. The molecule has 92 valence electrons. The first-order chi connectivity index (χ1) is 8.04. The predicted octanol–water partition coefficient (Wildman–Crippen LogP) is 4.33. The van der Waals surface area contributed by atoms with Crippen molar-refractivity contribution in [1.29, 1.82) is 0 Å². The average molecular weight is 269 g/mol. The fraction of sp³-hybridized carbons (Fsp3) is 0.462. The van der Waals surface area contributed by atoms with E-state index in [0.717, 1.165) is 33.6 Å². The second-order valence-electron chi connectivity index (χ2n) is 4.59. The molecule has 1 aliphatic rings. The van der Waals surface area contributed by atoms with Crippen LogP contribution in [0.4, 0.5) is 5.69 Å². The lowest BCUT2D eigenvalue weighted by Crippen LogP contribution is -2.20. The largest absolute Gasteiger partial charge is 0.335 e. The van der Waals surface area contributed by atoms with Crippen LogP contribution in [0.3, 0.4) is 0 Å². The summed E-state index contributed by atoms with van der Waals surface area (Å²) < 4.78 is 0. The number of halogens is 1. The molecule has 1 N–H and O–H groups in total. The lowest BCUT2D eigenvalue weighted by molar-refractivity contribution is 0.523. The molecule has 0 saturated carbocycles. The van der Waals surface area contributed by atoms with Gasteiger partial charge in [0, 0.05) is 16.5 Å². The van der Waals surface area contributed by atoms with Gasteiger partial charge in [0.1, 0.15) is 0 Å². The van der Waals surface area contributed by atoms with Crippen LogP contribution in [0.5, 0.6) is 0 Å². The fourth-order valence-corrected chi connectivity index (χ4v) is 2.99. The third-order valence-corrected chi connectivity index (χ3v) is 4.80. The van der Waals surface area contributed by atoms with E-state index in [1.54, 1.807) is 11.8 Å². The number of thioether (sulfide) groups is 1. The van der Waals surface area contributed by atoms with Crippen molar-refractivity contribution >= 4 is 34.2 Å². The molecule has 1 unspecified atom stereocenters. The van der Waals surface area contributed by atoms with E-state index in [1.807, 2.05) is 25.1 Å². The van der Waals surface area contributed by atoms with Gasteiger partial charge in [-0.1, -0.05) is 36.4 Å². The Morgan fingerprint density at radius 1 is 1.53 bits per heavy atom. The molecule has 0 amide bonds. The summed E-state index contributed by atoms with van der Waals surface area (Å²) in [6.45, 7) is 6.39. The highest BCUT2D eigenvalue weighted by Gasteiger charge is 2.28. The van der Waals surface area contributed by atoms with E-state index in [9.17, 15) is 0 Å². The average Bonchev–Trinajstić information content (AvgIpc) is 2.68. The van der Waals surface area contributed by atoms with Crippen LogP contribution in [0.2, 0.25) is 5.02 Å². The third kappa shape index (κ3) is 2.78. The molecule has 0 aliphatic carbocycles. The molecular formula is C13H17ClN2S. The number of rotatable bonds is 2. The molecule has 0 saturated heterocycles. The summed E-state index contributed by atoms with van der Waals surface area (Å²) in [5, 5.41) is 5.16. The summed E-state index contributed by atoms with van der Waals surface area (Å²) in [7, 11) is 0. The van der Waals surface area contributed by atoms with Crippen molar-refractivity contribution in [2.24, 2.45) is 4.99 Å². The van der Waals surface area contributed by atoms with Gasteiger partial charge in [0.25, 0.3) is 0 Å². The quantitative estimate of drug-likeness (QED) is 0.863. The summed E-state index contributed by atoms with van der Waals surface area (Å²) in [5.74, 6) is 1.05. The zero-order valence-corrected chi connectivity index (χ0v) is 12.0. The summed E-state index contributed by atoms with van der Waals surface area (Å²) >= 11 is 7.88. The lowest BCUT2D eigenvalue weighted by atomic mass is 10.0. The summed E-state index contributed by atoms with van der Waals surface area (Å²) in [5.41, 5.74) is 2.20. The van der Waals surface area contributed by atoms with Crippen LogP contribution in [0.25, 0.3) is 0 Å². The molecule has 1 heterocycles. The number of benzene rings is 1. The lowest BCUT2D eigenvalue weighted by Gasteiger charge is -2.15. The van der Waals surface area contributed by atoms with Crippen molar-refractivity contribution in [3.05, 3.63) is 28.8 Å². The molecule has 1 aromatic carbocycles. The van der Waals surface area contributed by atoms with Crippen LogP contribution >= 0.6 is 23.4 Å². The first-order valence-corrected chi connectivity index (χ1v) is 7.15. The Kier molecular flexibility index (Phi) is 3.69. The molecular weight excluding hydrogens is 252 g/mol. The van der Waals surface area contributed by atoms with Crippen molar-refractivity contribution in [2.75, 3.05) is 11.1 Å². The number of amidine groups is 1. The zero-order valence-electron chi connectivity index (χ0n) is 10.4. The summed E-state index contributed by atoms with van der Waals surface area (Å²) in [6, 6.07) is 5.89. The number of aliphatic imine (C=N–C) groups is 1. The van der Waals surface area contributed by atoms with Crippen LogP contribution in [0.1, 0.15) is 25.8 Å². The number of nitrogens with one attached hydrogen (secondary N) is 1. The Morgan fingerprint density at radius 3 is 2.94 bits per heavy atom. The van der Waals surface area contributed by atoms with Crippen molar-refractivity contribution < 1.29 is 0 Å². The summed E-state index contributed by atoms with van der Waals surface area (Å²) in [4.78, 5) is 4.73. The van der Waals surface area contributed by atoms with Gasteiger partial charge in [-0.05, 0) is 38.0 Å². The third-order valence-electron chi connectivity index (χ3n) is 3.16. The minimum atomic E-state index is 0.0828. The normalized spacial score (nSPS) is 23.6. The van der Waals surface area contributed by atoms with E-state index in [4.69, 9.17) is 16.6 Å². The number of nitrogens with zero attached hydrogens (tertiary/aromatic N) is 1. The van der Waals surface area contributed by atoms with Gasteiger partial charge in [-0.25, -0.2) is 0 Å². The molecule has 0 bridgehead atoms. The molecule has 1 atom stereocenters. The second kappa shape index (κ2) is 4.91. The highest BCUT2D eigenvalue weighted by atomic mass is 35.5. The summed E-state index contributed by atoms with van der Waals surface area (Å²) in [6.07, 6.45) is 1.07. The van der Waals surface area contributed by atoms with Crippen LogP contribution in [0.15, 0.2) is 23.2 Å². The highest BCUT2D eigenvalue weighted by Crippen LogP contribution is 2.32. The number of hydrogen-bond acceptors (Lipinski definition) is 3. The minimum absolute atomic E-state index is 0.0828. The molecule has 1 aliphatic heterocycles. The van der Waals surface area contributed by atoms with Gasteiger partial charge in [0.05, 0.1) is 5.54 Å². The Labute approximate surface area is 112 Å². The van der Waals surface area contributed by atoms with E-state index >= 15 is 0 Å². The van der Waals surface area contributed by atoms with E-state index < -0.39 is 0 Å². The van der Waals surface area contributed by atoms with Crippen molar-refractivity contribution in [2.45, 2.75) is 32.7 Å². The minimum Gasteiger partial charge on any atom is -0.335 e. The standard InChI is InChI=1S/C13H17ClN2S/c1-4-13(3)8-17-12(16-13)15-11-7-5-6-10(14)9(11)2/h5-7H,4,8H2,1-3H3,(H,15,16). The molecule has 0 radical (unpaired) electrons. The van der Waals surface area contributed by atoms with Crippen LogP contribution in [-0.4, -0.2) is 16.5 Å². The van der Waals surface area contributed by atoms with Crippen LogP contribution in [0, 0.1) is 6.92 Å². The Morgan fingerprint density at radius 2 is 2.29 bits per heavy atom. The Bertz CT molecular complexity index is 459. The van der Waals surface area contributed by atoms with Crippen LogP contribution < -0.4 is 5.32 Å². The van der Waals surface area contributed by atoms with Gasteiger partial charge < -0.3 is 5.32 Å². The molecule has 2 rings (SSSR count). The first kappa shape index (κ1) is 12.8. The van der Waals surface area contributed by atoms with Gasteiger partial charge in [-0.3, -0.25) is 4.99 Å². The smallest absolute Gasteiger partial charge is 0.161 e. The van der Waals surface area contributed by atoms with Gasteiger partial charge in [0.15, 0.2) is 5.17 Å². The van der Waals surface area contributed by atoms with Crippen molar-refractivity contribution in [3.63, 3.8) is 0 Å². The van der Waals surface area contributed by atoms with E-state index in [-0.39, 0.29) is 5.54 Å². The first-order valence-electron chi connectivity index (χ1n) is 5.79. The maximum atomic E-state index is 6.10. The monoisotopic (exact) mass is 268 g/mol. The van der Waals surface area contributed by atoms with Crippen LogP contribution in [-0.2, 0) is 0 Å². The van der Waals surface area contributed by atoms with E-state index in [0.29, 0.717) is 0 Å². The molecule has 0 spiro atoms. The van der Waals surface area contributed by atoms with Crippen molar-refractivity contribution in [3.8, 4) is 0 Å². The Balaban J connectivity index is 2.18. The highest BCUT2D eigenvalue weighted by molar-refractivity contribution is 8.14.